The fourth-order valence-corrected chi connectivity index (χ4v) is 14.6. The van der Waals surface area contributed by atoms with Crippen molar-refractivity contribution in [3.63, 3.8) is 0 Å². The lowest BCUT2D eigenvalue weighted by molar-refractivity contribution is 0.640. The van der Waals surface area contributed by atoms with Crippen LogP contribution in [0.3, 0.4) is 0 Å². The van der Waals surface area contributed by atoms with Crippen LogP contribution in [0.25, 0.3) is 0 Å². The summed E-state index contributed by atoms with van der Waals surface area (Å²) in [6.07, 6.45) is 4.98. The molecule has 4 heteroatoms. The highest BCUT2D eigenvalue weighted by Gasteiger charge is 2.46. The quantitative estimate of drug-likeness (QED) is 0.113. The van der Waals surface area contributed by atoms with Crippen LogP contribution in [-0.4, -0.2) is 19.2 Å². The summed E-state index contributed by atoms with van der Waals surface area (Å²) in [6.45, 7) is 18.9. The van der Waals surface area contributed by atoms with Crippen LogP contribution in [0.1, 0.15) is 99.9 Å². The molecule has 0 aliphatic carbocycles. The minimum atomic E-state index is -1.59. The minimum Gasteiger partial charge on any atom is -0.311 e. The molecule has 10 aromatic carbocycles. The molecule has 0 atom stereocenters. The van der Waals surface area contributed by atoms with E-state index in [1.807, 2.05) is 0 Å². The maximum atomic E-state index is 2.65. The van der Waals surface area contributed by atoms with Crippen molar-refractivity contribution in [3.05, 3.63) is 293 Å². The van der Waals surface area contributed by atoms with Gasteiger partial charge in [0, 0.05) is 55.8 Å². The Morgan fingerprint density at radius 2 is 0.590 bits per heavy atom. The number of hydrogen-bond donors (Lipinski definition) is 0. The first-order chi connectivity index (χ1) is 37.5. The summed E-state index contributed by atoms with van der Waals surface area (Å²) in [5, 5.41) is 0. The zero-order chi connectivity index (χ0) is 54.2. The van der Waals surface area contributed by atoms with E-state index >= 15 is 0 Å². The first-order valence-electron chi connectivity index (χ1n) is 27.8. The molecule has 0 saturated heterocycles. The summed E-state index contributed by atoms with van der Waals surface area (Å²) in [7, 11) is -1.59. The van der Waals surface area contributed by atoms with Crippen molar-refractivity contribution >= 4 is 67.3 Å². The van der Waals surface area contributed by atoms with E-state index in [1.54, 1.807) is 0 Å². The molecule has 2 heterocycles. The highest BCUT2D eigenvalue weighted by atomic mass is 32.3. The summed E-state index contributed by atoms with van der Waals surface area (Å²) >= 11 is 0. The fourth-order valence-electron chi connectivity index (χ4n) is 12.6. The van der Waals surface area contributed by atoms with Crippen molar-refractivity contribution in [1.82, 2.24) is 0 Å². The third-order valence-electron chi connectivity index (χ3n) is 18.0. The van der Waals surface area contributed by atoms with Gasteiger partial charge in [-0.05, 0) is 144 Å². The maximum Gasteiger partial charge on any atom is 0.252 e. The van der Waals surface area contributed by atoms with E-state index in [-0.39, 0.29) is 28.4 Å². The van der Waals surface area contributed by atoms with Crippen molar-refractivity contribution in [3.8, 4) is 0 Å². The van der Waals surface area contributed by atoms with E-state index in [1.165, 1.54) is 93.4 Å². The third-order valence-corrected chi connectivity index (χ3v) is 20.9. The molecule has 0 radical (unpaired) electrons. The monoisotopic (exact) mass is 1030 g/mol. The molecular formula is C74H71BN2S. The Morgan fingerprint density at radius 1 is 0.282 bits per heavy atom. The van der Waals surface area contributed by atoms with Crippen LogP contribution < -0.4 is 26.2 Å². The molecule has 0 fully saturated rings. The molecule has 78 heavy (non-hydrogen) atoms. The topological polar surface area (TPSA) is 6.48 Å². The maximum absolute atomic E-state index is 2.65. The smallest absolute Gasteiger partial charge is 0.252 e. The summed E-state index contributed by atoms with van der Waals surface area (Å²) in [4.78, 5) is 7.99. The van der Waals surface area contributed by atoms with E-state index < -0.39 is 10.0 Å². The molecular weight excluding hydrogens is 960 g/mol. The highest BCUT2D eigenvalue weighted by Crippen LogP contribution is 2.59. The Hall–Kier alpha value is -7.79. The summed E-state index contributed by atoms with van der Waals surface area (Å²) in [5.74, 6) is 0. The van der Waals surface area contributed by atoms with E-state index in [2.05, 4.69) is 326 Å². The van der Waals surface area contributed by atoms with Gasteiger partial charge in [-0.2, -0.15) is 10.0 Å². The largest absolute Gasteiger partial charge is 0.311 e. The Kier molecular flexibility index (Phi) is 12.6. The minimum absolute atomic E-state index is 0.0629. The standard InChI is InChI=1S/C74H71BN2S/c1-71(2,52-28-16-11-17-29-52)56-36-26-38-60(46-56)76-66-48-58(73(5,6)54-32-20-13-21-33-54)42-44-64(66)75-65-45-43-59(74(7,8)55-34-22-14-23-35-55)49-67(65)77(61-39-27-37-57(47-61)72(3,4)53-30-18-12-19-31-53)69-51-63(50-68(76)70(69)75)78(9,10)62-40-24-15-25-41-62/h11-51H,1-10H3. The van der Waals surface area contributed by atoms with Crippen molar-refractivity contribution in [1.29, 1.82) is 0 Å². The molecule has 0 N–H and O–H groups in total. The number of nitrogens with zero attached hydrogens (tertiary/aromatic N) is 2. The molecule has 12 rings (SSSR count). The Bertz CT molecular complexity index is 3600. The van der Waals surface area contributed by atoms with E-state index in [9.17, 15) is 0 Å². The van der Waals surface area contributed by atoms with Crippen molar-refractivity contribution in [2.45, 2.75) is 86.8 Å². The van der Waals surface area contributed by atoms with Gasteiger partial charge in [0.15, 0.2) is 0 Å². The molecule has 0 spiro atoms. The van der Waals surface area contributed by atoms with Crippen molar-refractivity contribution < 1.29 is 0 Å². The SMILES string of the molecule is CC(C)(c1ccccc1)c1cccc(N2c3cc(C(C)(C)c4ccccc4)ccc3B3c4ccc(C(C)(C)c5ccccc5)cc4N(c4cccc(C(C)(C)c5ccccc5)c4)c4cc(S(C)(C)c5ccccc5)cc2c43)c1. The van der Waals surface area contributed by atoms with Gasteiger partial charge < -0.3 is 9.80 Å². The van der Waals surface area contributed by atoms with Gasteiger partial charge in [0.05, 0.1) is 0 Å². The van der Waals surface area contributed by atoms with Gasteiger partial charge in [-0.3, -0.25) is 0 Å². The van der Waals surface area contributed by atoms with E-state index in [4.69, 9.17) is 0 Å². The van der Waals surface area contributed by atoms with Crippen LogP contribution >= 0.6 is 10.0 Å². The van der Waals surface area contributed by atoms with Crippen LogP contribution in [0.5, 0.6) is 0 Å². The van der Waals surface area contributed by atoms with Crippen LogP contribution in [0.4, 0.5) is 34.1 Å². The number of anilines is 6. The third kappa shape index (κ3) is 8.52. The zero-order valence-electron chi connectivity index (χ0n) is 47.1. The second-order valence-electron chi connectivity index (χ2n) is 24.2. The van der Waals surface area contributed by atoms with Crippen LogP contribution in [0.15, 0.2) is 259 Å². The normalized spacial score (nSPS) is 13.6. The van der Waals surface area contributed by atoms with Crippen molar-refractivity contribution in [2.24, 2.45) is 0 Å². The van der Waals surface area contributed by atoms with Gasteiger partial charge in [0.25, 0.3) is 6.71 Å². The average Bonchev–Trinajstić information content (AvgIpc) is 3.53. The van der Waals surface area contributed by atoms with Crippen LogP contribution in [0, 0.1) is 0 Å². The first-order valence-corrected chi connectivity index (χ1v) is 30.2. The lowest BCUT2D eigenvalue weighted by Crippen LogP contribution is -2.61. The molecule has 2 aliphatic rings. The van der Waals surface area contributed by atoms with Gasteiger partial charge in [0.2, 0.25) is 0 Å². The number of rotatable bonds is 12. The highest BCUT2D eigenvalue weighted by molar-refractivity contribution is 8.32. The Labute approximate surface area is 466 Å². The Balaban J connectivity index is 1.19. The average molecular weight is 1030 g/mol. The lowest BCUT2D eigenvalue weighted by atomic mass is 9.33. The van der Waals surface area contributed by atoms with Crippen LogP contribution in [0.2, 0.25) is 0 Å². The number of benzene rings is 10. The molecule has 10 aromatic rings. The molecule has 0 aromatic heterocycles. The summed E-state index contributed by atoms with van der Waals surface area (Å²) < 4.78 is 0. The number of hydrogen-bond acceptors (Lipinski definition) is 2. The molecule has 2 nitrogen and oxygen atoms in total. The zero-order valence-corrected chi connectivity index (χ0v) is 47.9. The van der Waals surface area contributed by atoms with E-state index in [0.29, 0.717) is 0 Å². The van der Waals surface area contributed by atoms with Gasteiger partial charge >= 0.3 is 0 Å². The van der Waals surface area contributed by atoms with Crippen molar-refractivity contribution in [2.75, 3.05) is 22.3 Å². The molecule has 0 bridgehead atoms. The molecule has 0 amide bonds. The lowest BCUT2D eigenvalue weighted by Gasteiger charge is -2.46. The fraction of sp³-hybridized carbons (Fsp3) is 0.189. The summed E-state index contributed by atoms with van der Waals surface area (Å²) in [5.41, 5.74) is 20.4. The predicted octanol–water partition coefficient (Wildman–Crippen LogP) is 17.6. The second kappa shape index (κ2) is 19.3. The summed E-state index contributed by atoms with van der Waals surface area (Å²) in [6, 6.07) is 94.2. The van der Waals surface area contributed by atoms with Gasteiger partial charge in [-0.15, -0.1) is 0 Å². The molecule has 0 saturated carbocycles. The number of fused-ring (bicyclic) bond motifs is 4. The predicted molar refractivity (Wildman–Crippen MR) is 337 cm³/mol. The van der Waals surface area contributed by atoms with Gasteiger partial charge in [-0.25, -0.2) is 0 Å². The van der Waals surface area contributed by atoms with Gasteiger partial charge in [0.1, 0.15) is 0 Å². The molecule has 2 aliphatic heterocycles. The molecule has 386 valence electrons. The Morgan fingerprint density at radius 3 is 0.936 bits per heavy atom. The van der Waals surface area contributed by atoms with Crippen LogP contribution in [-0.2, 0) is 21.7 Å². The van der Waals surface area contributed by atoms with E-state index in [0.717, 1.165) is 11.4 Å². The molecule has 0 unspecified atom stereocenters. The second-order valence-corrected chi connectivity index (χ2v) is 27.8. The first kappa shape index (κ1) is 51.0. The van der Waals surface area contributed by atoms with Gasteiger partial charge in [-0.1, -0.05) is 243 Å².